The Kier molecular flexibility index (Phi) is 4.67. The van der Waals surface area contributed by atoms with E-state index in [9.17, 15) is 0 Å². The third-order valence-electron chi connectivity index (χ3n) is 4.52. The minimum atomic E-state index is 0.463. The molecule has 0 spiro atoms. The topological polar surface area (TPSA) is 12.0 Å². The molecule has 0 heterocycles. The standard InChI is InChI=1S/C18H29N/c1-14(2)12-16-6-8-17(9-7-16)15(3)19-13-18(4)10-5-11-18/h6-9,14-15,19H,5,10-13H2,1-4H3. The van der Waals surface area contributed by atoms with E-state index in [1.165, 1.54) is 36.8 Å². The van der Waals surface area contributed by atoms with Crippen molar-refractivity contribution >= 4 is 0 Å². The van der Waals surface area contributed by atoms with E-state index in [1.807, 2.05) is 0 Å². The maximum atomic E-state index is 3.70. The van der Waals surface area contributed by atoms with Crippen LogP contribution in [0.4, 0.5) is 0 Å². The Hall–Kier alpha value is -0.820. The molecule has 1 aromatic rings. The summed E-state index contributed by atoms with van der Waals surface area (Å²) >= 11 is 0. The minimum absolute atomic E-state index is 0.463. The molecule has 1 fully saturated rings. The minimum Gasteiger partial charge on any atom is -0.310 e. The Morgan fingerprint density at radius 2 is 1.74 bits per heavy atom. The summed E-state index contributed by atoms with van der Waals surface area (Å²) in [6, 6.07) is 9.62. The summed E-state index contributed by atoms with van der Waals surface area (Å²) in [6.07, 6.45) is 5.37. The molecule has 1 aliphatic carbocycles. The molecule has 2 rings (SSSR count). The average Bonchev–Trinajstić information content (AvgIpc) is 2.34. The molecule has 1 unspecified atom stereocenters. The first-order valence-electron chi connectivity index (χ1n) is 7.81. The van der Waals surface area contributed by atoms with Crippen LogP contribution in [0.2, 0.25) is 0 Å². The fraction of sp³-hybridized carbons (Fsp3) is 0.667. The zero-order valence-corrected chi connectivity index (χ0v) is 13.0. The van der Waals surface area contributed by atoms with Crippen LogP contribution in [0.15, 0.2) is 24.3 Å². The summed E-state index contributed by atoms with van der Waals surface area (Å²) in [6.45, 7) is 10.4. The molecule has 0 aliphatic heterocycles. The van der Waals surface area contributed by atoms with Crippen LogP contribution < -0.4 is 5.32 Å². The van der Waals surface area contributed by atoms with E-state index in [0.717, 1.165) is 12.5 Å². The normalized spacial score (nSPS) is 19.2. The average molecular weight is 259 g/mol. The second-order valence-electron chi connectivity index (χ2n) is 7.11. The van der Waals surface area contributed by atoms with Gasteiger partial charge in [0.2, 0.25) is 0 Å². The molecule has 1 aromatic carbocycles. The molecule has 1 saturated carbocycles. The highest BCUT2D eigenvalue weighted by atomic mass is 14.9. The SMILES string of the molecule is CC(C)Cc1ccc(C(C)NCC2(C)CCC2)cc1. The second kappa shape index (κ2) is 6.09. The first-order chi connectivity index (χ1) is 8.98. The van der Waals surface area contributed by atoms with Crippen molar-refractivity contribution in [1.82, 2.24) is 5.32 Å². The van der Waals surface area contributed by atoms with Crippen molar-refractivity contribution in [3.63, 3.8) is 0 Å². The summed E-state index contributed by atoms with van der Waals surface area (Å²) in [5.74, 6) is 0.736. The van der Waals surface area contributed by atoms with Gasteiger partial charge in [-0.1, -0.05) is 51.5 Å². The van der Waals surface area contributed by atoms with Gasteiger partial charge >= 0.3 is 0 Å². The van der Waals surface area contributed by atoms with Gasteiger partial charge in [0, 0.05) is 12.6 Å². The quantitative estimate of drug-likeness (QED) is 0.779. The predicted octanol–water partition coefficient (Wildman–Crippen LogP) is 4.73. The summed E-state index contributed by atoms with van der Waals surface area (Å²) in [7, 11) is 0. The maximum Gasteiger partial charge on any atom is 0.0292 e. The molecule has 0 radical (unpaired) electrons. The van der Waals surface area contributed by atoms with Gasteiger partial charge in [-0.2, -0.15) is 0 Å². The predicted molar refractivity (Wildman–Crippen MR) is 83.4 cm³/mol. The molecule has 0 bridgehead atoms. The van der Waals surface area contributed by atoms with Crippen molar-refractivity contribution in [3.05, 3.63) is 35.4 Å². The highest BCUT2D eigenvalue weighted by Crippen LogP contribution is 2.39. The number of hydrogen-bond acceptors (Lipinski definition) is 1. The molecule has 0 aromatic heterocycles. The molecular weight excluding hydrogens is 230 g/mol. The van der Waals surface area contributed by atoms with Crippen LogP contribution in [-0.2, 0) is 6.42 Å². The summed E-state index contributed by atoms with van der Waals surface area (Å²) in [5.41, 5.74) is 3.43. The van der Waals surface area contributed by atoms with Gasteiger partial charge < -0.3 is 5.32 Å². The van der Waals surface area contributed by atoms with Gasteiger partial charge in [0.05, 0.1) is 0 Å². The highest BCUT2D eigenvalue weighted by Gasteiger charge is 2.31. The molecule has 1 aliphatic rings. The lowest BCUT2D eigenvalue weighted by molar-refractivity contribution is 0.152. The molecule has 1 atom stereocenters. The fourth-order valence-corrected chi connectivity index (χ4v) is 2.89. The van der Waals surface area contributed by atoms with Crippen molar-refractivity contribution in [2.75, 3.05) is 6.54 Å². The number of benzene rings is 1. The third kappa shape index (κ3) is 4.07. The second-order valence-corrected chi connectivity index (χ2v) is 7.11. The summed E-state index contributed by atoms with van der Waals surface area (Å²) in [5, 5.41) is 3.70. The van der Waals surface area contributed by atoms with Crippen LogP contribution in [-0.4, -0.2) is 6.54 Å². The fourth-order valence-electron chi connectivity index (χ4n) is 2.89. The summed E-state index contributed by atoms with van der Waals surface area (Å²) < 4.78 is 0. The van der Waals surface area contributed by atoms with Gasteiger partial charge in [-0.3, -0.25) is 0 Å². The van der Waals surface area contributed by atoms with E-state index in [0.29, 0.717) is 11.5 Å². The van der Waals surface area contributed by atoms with Crippen LogP contribution in [0.1, 0.15) is 64.1 Å². The zero-order chi connectivity index (χ0) is 13.9. The molecule has 1 heteroatoms. The van der Waals surface area contributed by atoms with Gasteiger partial charge in [-0.25, -0.2) is 0 Å². The van der Waals surface area contributed by atoms with Gasteiger partial charge in [0.15, 0.2) is 0 Å². The van der Waals surface area contributed by atoms with E-state index < -0.39 is 0 Å². The Morgan fingerprint density at radius 3 is 2.21 bits per heavy atom. The first kappa shape index (κ1) is 14.6. The molecule has 1 nitrogen and oxygen atoms in total. The zero-order valence-electron chi connectivity index (χ0n) is 13.0. The van der Waals surface area contributed by atoms with Crippen LogP contribution in [0.3, 0.4) is 0 Å². The van der Waals surface area contributed by atoms with E-state index >= 15 is 0 Å². The van der Waals surface area contributed by atoms with Crippen LogP contribution in [0, 0.1) is 11.3 Å². The van der Waals surface area contributed by atoms with Crippen LogP contribution >= 0.6 is 0 Å². The third-order valence-corrected chi connectivity index (χ3v) is 4.52. The van der Waals surface area contributed by atoms with Crippen molar-refractivity contribution < 1.29 is 0 Å². The Labute approximate surface area is 118 Å². The molecule has 106 valence electrons. The lowest BCUT2D eigenvalue weighted by Crippen LogP contribution is -2.38. The Morgan fingerprint density at radius 1 is 1.11 bits per heavy atom. The Bertz CT molecular complexity index is 387. The van der Waals surface area contributed by atoms with Crippen molar-refractivity contribution in [3.8, 4) is 0 Å². The van der Waals surface area contributed by atoms with E-state index in [2.05, 4.69) is 57.3 Å². The largest absolute Gasteiger partial charge is 0.310 e. The molecular formula is C18H29N. The number of nitrogens with one attached hydrogen (secondary N) is 1. The lowest BCUT2D eigenvalue weighted by atomic mass is 9.70. The summed E-state index contributed by atoms with van der Waals surface area (Å²) in [4.78, 5) is 0. The first-order valence-corrected chi connectivity index (χ1v) is 7.81. The van der Waals surface area contributed by atoms with E-state index in [4.69, 9.17) is 0 Å². The van der Waals surface area contributed by atoms with Crippen molar-refractivity contribution in [2.45, 2.75) is 59.4 Å². The number of rotatable bonds is 6. The smallest absolute Gasteiger partial charge is 0.0292 e. The Balaban J connectivity index is 1.86. The van der Waals surface area contributed by atoms with Gasteiger partial charge in [0.25, 0.3) is 0 Å². The van der Waals surface area contributed by atoms with Gasteiger partial charge in [0.1, 0.15) is 0 Å². The molecule has 19 heavy (non-hydrogen) atoms. The van der Waals surface area contributed by atoms with Gasteiger partial charge in [-0.15, -0.1) is 0 Å². The van der Waals surface area contributed by atoms with Crippen LogP contribution in [0.5, 0.6) is 0 Å². The van der Waals surface area contributed by atoms with Crippen LogP contribution in [0.25, 0.3) is 0 Å². The van der Waals surface area contributed by atoms with Gasteiger partial charge in [-0.05, 0) is 48.6 Å². The van der Waals surface area contributed by atoms with Crippen molar-refractivity contribution in [1.29, 1.82) is 0 Å². The molecule has 0 amide bonds. The number of hydrogen-bond donors (Lipinski definition) is 1. The monoisotopic (exact) mass is 259 g/mol. The lowest BCUT2D eigenvalue weighted by Gasteiger charge is -2.39. The van der Waals surface area contributed by atoms with Crippen molar-refractivity contribution in [2.24, 2.45) is 11.3 Å². The van der Waals surface area contributed by atoms with E-state index in [1.54, 1.807) is 0 Å². The highest BCUT2D eigenvalue weighted by molar-refractivity contribution is 5.25. The molecule has 1 N–H and O–H groups in total. The molecule has 0 saturated heterocycles. The van der Waals surface area contributed by atoms with E-state index in [-0.39, 0.29) is 0 Å². The maximum absolute atomic E-state index is 3.70.